The summed E-state index contributed by atoms with van der Waals surface area (Å²) in [6, 6.07) is 0.124. The highest BCUT2D eigenvalue weighted by atomic mass is 16.1. The fourth-order valence-electron chi connectivity index (χ4n) is 1.66. The van der Waals surface area contributed by atoms with Crippen LogP contribution in [0.25, 0.3) is 0 Å². The molecule has 1 aromatic rings. The molecule has 1 aromatic heterocycles. The van der Waals surface area contributed by atoms with Crippen LogP contribution in [-0.2, 0) is 0 Å². The molecule has 0 saturated heterocycles. The highest BCUT2D eigenvalue weighted by Gasteiger charge is 2.16. The molecule has 0 aliphatic rings. The Morgan fingerprint density at radius 3 is 2.67 bits per heavy atom. The van der Waals surface area contributed by atoms with Gasteiger partial charge in [0.15, 0.2) is 5.69 Å². The van der Waals surface area contributed by atoms with Crippen molar-refractivity contribution in [3.63, 3.8) is 0 Å². The average molecular weight is 250 g/mol. The number of nitrogen functional groups attached to an aromatic ring is 1. The first kappa shape index (κ1) is 14.4. The second kappa shape index (κ2) is 6.33. The maximum Gasteiger partial charge on any atom is 0.272 e. The van der Waals surface area contributed by atoms with Gasteiger partial charge in [0.25, 0.3) is 5.91 Å². The minimum Gasteiger partial charge on any atom is -0.396 e. The molecule has 0 fully saturated rings. The molecule has 0 saturated carbocycles. The van der Waals surface area contributed by atoms with Gasteiger partial charge in [0.2, 0.25) is 0 Å². The van der Waals surface area contributed by atoms with Crippen LogP contribution in [0.2, 0.25) is 0 Å². The van der Waals surface area contributed by atoms with Gasteiger partial charge in [-0.2, -0.15) is 0 Å². The quantitative estimate of drug-likeness (QED) is 0.838. The number of nitrogens with two attached hydrogens (primary N) is 1. The first-order valence-corrected chi connectivity index (χ1v) is 6.39. The molecule has 5 nitrogen and oxygen atoms in total. The third-order valence-electron chi connectivity index (χ3n) is 2.67. The van der Waals surface area contributed by atoms with E-state index in [1.54, 1.807) is 0 Å². The van der Waals surface area contributed by atoms with Crippen LogP contribution in [0.4, 0.5) is 5.69 Å². The molecule has 0 bridgehead atoms. The van der Waals surface area contributed by atoms with E-state index >= 15 is 0 Å². The Balaban J connectivity index is 2.87. The summed E-state index contributed by atoms with van der Waals surface area (Å²) in [4.78, 5) is 20.4. The summed E-state index contributed by atoms with van der Waals surface area (Å²) in [6.45, 7) is 8.01. The fraction of sp³-hybridized carbons (Fsp3) is 0.615. The molecular weight excluding hydrogens is 228 g/mol. The minimum absolute atomic E-state index is 0.124. The lowest BCUT2D eigenvalue weighted by Gasteiger charge is -2.14. The Morgan fingerprint density at radius 2 is 2.11 bits per heavy atom. The number of hydrogen-bond acceptors (Lipinski definition) is 4. The number of nitrogens with zero attached hydrogens (tertiary/aromatic N) is 2. The van der Waals surface area contributed by atoms with Crippen LogP contribution in [0, 0.1) is 0 Å². The van der Waals surface area contributed by atoms with E-state index < -0.39 is 0 Å². The maximum atomic E-state index is 12.0. The van der Waals surface area contributed by atoms with Gasteiger partial charge in [-0.25, -0.2) is 9.97 Å². The van der Waals surface area contributed by atoms with E-state index in [2.05, 4.69) is 22.2 Å². The second-order valence-corrected chi connectivity index (χ2v) is 4.85. The second-order valence-electron chi connectivity index (χ2n) is 4.85. The molecule has 1 unspecified atom stereocenters. The predicted octanol–water partition coefficient (Wildman–Crippen LogP) is 2.10. The number of anilines is 1. The van der Waals surface area contributed by atoms with Gasteiger partial charge in [0.1, 0.15) is 5.82 Å². The highest BCUT2D eigenvalue weighted by Crippen LogP contribution is 2.13. The Labute approximate surface area is 108 Å². The van der Waals surface area contributed by atoms with E-state index in [9.17, 15) is 4.79 Å². The number of carbonyl (C=O) groups excluding carboxylic acids is 1. The normalized spacial score (nSPS) is 12.5. The molecule has 0 aliphatic carbocycles. The van der Waals surface area contributed by atoms with Crippen molar-refractivity contribution in [1.82, 2.24) is 15.3 Å². The molecule has 18 heavy (non-hydrogen) atoms. The standard InChI is InChI=1S/C13H22N4O/c1-5-6-9(4)16-13(18)11-10(14)7-15-12(17-11)8(2)3/h7-9H,5-6,14H2,1-4H3,(H,16,18). The summed E-state index contributed by atoms with van der Waals surface area (Å²) in [5.41, 5.74) is 6.35. The topological polar surface area (TPSA) is 80.9 Å². The van der Waals surface area contributed by atoms with Gasteiger partial charge < -0.3 is 11.1 Å². The zero-order chi connectivity index (χ0) is 13.7. The van der Waals surface area contributed by atoms with E-state index in [-0.39, 0.29) is 23.6 Å². The largest absolute Gasteiger partial charge is 0.396 e. The van der Waals surface area contributed by atoms with Crippen molar-refractivity contribution < 1.29 is 4.79 Å². The first-order valence-electron chi connectivity index (χ1n) is 6.39. The number of nitrogens with one attached hydrogen (secondary N) is 1. The summed E-state index contributed by atoms with van der Waals surface area (Å²) in [6.07, 6.45) is 3.47. The Hall–Kier alpha value is -1.65. The summed E-state index contributed by atoms with van der Waals surface area (Å²) in [5.74, 6) is 0.584. The summed E-state index contributed by atoms with van der Waals surface area (Å²) in [7, 11) is 0. The van der Waals surface area contributed by atoms with E-state index in [1.807, 2.05) is 20.8 Å². The van der Waals surface area contributed by atoms with Crippen LogP contribution in [0.1, 0.15) is 62.8 Å². The Kier molecular flexibility index (Phi) is 5.07. The number of aromatic nitrogens is 2. The molecule has 0 aliphatic heterocycles. The summed E-state index contributed by atoms with van der Waals surface area (Å²) in [5, 5.41) is 2.89. The molecule has 0 radical (unpaired) electrons. The van der Waals surface area contributed by atoms with Crippen LogP contribution >= 0.6 is 0 Å². The third kappa shape index (κ3) is 3.68. The van der Waals surface area contributed by atoms with Gasteiger partial charge in [-0.15, -0.1) is 0 Å². The van der Waals surface area contributed by atoms with Gasteiger partial charge in [-0.1, -0.05) is 27.2 Å². The molecule has 0 aromatic carbocycles. The Morgan fingerprint density at radius 1 is 1.44 bits per heavy atom. The number of amides is 1. The zero-order valence-corrected chi connectivity index (χ0v) is 11.5. The number of hydrogen-bond donors (Lipinski definition) is 2. The predicted molar refractivity (Wildman–Crippen MR) is 72.4 cm³/mol. The van der Waals surface area contributed by atoms with Crippen LogP contribution in [-0.4, -0.2) is 21.9 Å². The van der Waals surface area contributed by atoms with Crippen molar-refractivity contribution in [2.24, 2.45) is 0 Å². The summed E-state index contributed by atoms with van der Waals surface area (Å²) >= 11 is 0. The van der Waals surface area contributed by atoms with Gasteiger partial charge >= 0.3 is 0 Å². The van der Waals surface area contributed by atoms with E-state index in [0.29, 0.717) is 11.5 Å². The van der Waals surface area contributed by atoms with Crippen LogP contribution in [0.15, 0.2) is 6.20 Å². The molecule has 1 atom stereocenters. The van der Waals surface area contributed by atoms with E-state index in [0.717, 1.165) is 12.8 Å². The molecular formula is C13H22N4O. The lowest BCUT2D eigenvalue weighted by molar-refractivity contribution is 0.0933. The van der Waals surface area contributed by atoms with Gasteiger partial charge in [0.05, 0.1) is 11.9 Å². The first-order chi connectivity index (χ1) is 8.45. The fourth-order valence-corrected chi connectivity index (χ4v) is 1.66. The molecule has 1 rings (SSSR count). The van der Waals surface area contributed by atoms with Crippen molar-refractivity contribution in [3.8, 4) is 0 Å². The van der Waals surface area contributed by atoms with Gasteiger partial charge in [-0.05, 0) is 13.3 Å². The van der Waals surface area contributed by atoms with Crippen LogP contribution in [0.3, 0.4) is 0 Å². The van der Waals surface area contributed by atoms with Crippen LogP contribution in [0.5, 0.6) is 0 Å². The van der Waals surface area contributed by atoms with Gasteiger partial charge in [-0.3, -0.25) is 4.79 Å². The molecule has 3 N–H and O–H groups in total. The van der Waals surface area contributed by atoms with Crippen LogP contribution < -0.4 is 11.1 Å². The monoisotopic (exact) mass is 250 g/mol. The lowest BCUT2D eigenvalue weighted by atomic mass is 10.1. The van der Waals surface area contributed by atoms with E-state index in [1.165, 1.54) is 6.20 Å². The molecule has 0 spiro atoms. The maximum absolute atomic E-state index is 12.0. The minimum atomic E-state index is -0.224. The highest BCUT2D eigenvalue weighted by molar-refractivity contribution is 5.97. The Bertz CT molecular complexity index is 417. The van der Waals surface area contributed by atoms with E-state index in [4.69, 9.17) is 5.73 Å². The smallest absolute Gasteiger partial charge is 0.272 e. The lowest BCUT2D eigenvalue weighted by Crippen LogP contribution is -2.33. The van der Waals surface area contributed by atoms with Crippen molar-refractivity contribution >= 4 is 11.6 Å². The third-order valence-corrected chi connectivity index (χ3v) is 2.67. The van der Waals surface area contributed by atoms with Crippen molar-refractivity contribution in [1.29, 1.82) is 0 Å². The molecule has 1 heterocycles. The SMILES string of the molecule is CCCC(C)NC(=O)c1nc(C(C)C)ncc1N. The van der Waals surface area contributed by atoms with Crippen molar-refractivity contribution in [3.05, 3.63) is 17.7 Å². The average Bonchev–Trinajstić information content (AvgIpc) is 2.29. The van der Waals surface area contributed by atoms with Crippen molar-refractivity contribution in [2.45, 2.75) is 52.5 Å². The molecule has 1 amide bonds. The zero-order valence-electron chi connectivity index (χ0n) is 11.5. The molecule has 100 valence electrons. The van der Waals surface area contributed by atoms with Gasteiger partial charge in [0, 0.05) is 12.0 Å². The molecule has 5 heteroatoms. The number of rotatable bonds is 5. The number of carbonyl (C=O) groups is 1. The van der Waals surface area contributed by atoms with Crippen molar-refractivity contribution in [2.75, 3.05) is 5.73 Å². The summed E-state index contributed by atoms with van der Waals surface area (Å²) < 4.78 is 0.